The third-order valence-corrected chi connectivity index (χ3v) is 3.41. The zero-order valence-corrected chi connectivity index (χ0v) is 10.1. The van der Waals surface area contributed by atoms with Gasteiger partial charge in [0.15, 0.2) is 0 Å². The second kappa shape index (κ2) is 5.20. The molecule has 0 saturated heterocycles. The lowest BCUT2D eigenvalue weighted by atomic mass is 9.81. The Hall–Kier alpha value is -1.53. The Morgan fingerprint density at radius 3 is 2.82 bits per heavy atom. The highest BCUT2D eigenvalue weighted by molar-refractivity contribution is 5.47. The SMILES string of the molecule is COC1CCCC(C#N)(Nc2ccccc2)C1. The summed E-state index contributed by atoms with van der Waals surface area (Å²) in [6.07, 6.45) is 3.93. The lowest BCUT2D eigenvalue weighted by Gasteiger charge is -2.36. The zero-order valence-electron chi connectivity index (χ0n) is 10.1. The van der Waals surface area contributed by atoms with Crippen LogP contribution in [0.5, 0.6) is 0 Å². The van der Waals surface area contributed by atoms with Crippen molar-refractivity contribution < 1.29 is 4.74 Å². The number of ether oxygens (including phenoxy) is 1. The molecular weight excluding hydrogens is 212 g/mol. The highest BCUT2D eigenvalue weighted by atomic mass is 16.5. The first-order valence-electron chi connectivity index (χ1n) is 6.05. The van der Waals surface area contributed by atoms with Gasteiger partial charge in [0, 0.05) is 19.2 Å². The molecule has 2 rings (SSSR count). The lowest BCUT2D eigenvalue weighted by molar-refractivity contribution is 0.0569. The molecule has 1 aromatic rings. The molecule has 2 atom stereocenters. The van der Waals surface area contributed by atoms with E-state index in [1.54, 1.807) is 7.11 Å². The first kappa shape index (κ1) is 11.9. The van der Waals surface area contributed by atoms with Crippen molar-refractivity contribution in [1.82, 2.24) is 0 Å². The average Bonchev–Trinajstić information content (AvgIpc) is 2.40. The Labute approximate surface area is 102 Å². The third kappa shape index (κ3) is 2.78. The minimum Gasteiger partial charge on any atom is -0.381 e. The van der Waals surface area contributed by atoms with Crippen molar-refractivity contribution in [3.05, 3.63) is 30.3 Å². The number of anilines is 1. The number of para-hydroxylation sites is 1. The second-order valence-corrected chi connectivity index (χ2v) is 4.64. The van der Waals surface area contributed by atoms with Crippen LogP contribution in [-0.2, 0) is 4.74 Å². The average molecular weight is 230 g/mol. The Bertz CT molecular complexity index is 398. The van der Waals surface area contributed by atoms with Crippen molar-refractivity contribution >= 4 is 5.69 Å². The molecule has 1 aliphatic carbocycles. The van der Waals surface area contributed by atoms with Gasteiger partial charge in [-0.2, -0.15) is 5.26 Å². The highest BCUT2D eigenvalue weighted by Crippen LogP contribution is 2.32. The van der Waals surface area contributed by atoms with Gasteiger partial charge in [0.2, 0.25) is 0 Å². The fraction of sp³-hybridized carbons (Fsp3) is 0.500. The molecule has 0 bridgehead atoms. The number of nitrogens with zero attached hydrogens (tertiary/aromatic N) is 1. The Morgan fingerprint density at radius 2 is 2.18 bits per heavy atom. The van der Waals surface area contributed by atoms with Gasteiger partial charge in [-0.05, 0) is 31.4 Å². The fourth-order valence-electron chi connectivity index (χ4n) is 2.47. The quantitative estimate of drug-likeness (QED) is 0.868. The van der Waals surface area contributed by atoms with Crippen LogP contribution < -0.4 is 5.32 Å². The Morgan fingerprint density at radius 1 is 1.41 bits per heavy atom. The number of methoxy groups -OCH3 is 1. The molecule has 1 aliphatic rings. The summed E-state index contributed by atoms with van der Waals surface area (Å²) < 4.78 is 5.39. The van der Waals surface area contributed by atoms with Gasteiger partial charge < -0.3 is 10.1 Å². The third-order valence-electron chi connectivity index (χ3n) is 3.41. The smallest absolute Gasteiger partial charge is 0.127 e. The molecule has 0 aliphatic heterocycles. The number of nitrogens with one attached hydrogen (secondary N) is 1. The normalized spacial score (nSPS) is 28.4. The molecule has 1 fully saturated rings. The molecule has 3 nitrogen and oxygen atoms in total. The molecule has 2 unspecified atom stereocenters. The van der Waals surface area contributed by atoms with Gasteiger partial charge in [-0.15, -0.1) is 0 Å². The van der Waals surface area contributed by atoms with Gasteiger partial charge in [0.1, 0.15) is 5.54 Å². The molecule has 3 heteroatoms. The molecule has 0 spiro atoms. The maximum Gasteiger partial charge on any atom is 0.127 e. The van der Waals surface area contributed by atoms with Crippen LogP contribution in [0.1, 0.15) is 25.7 Å². The van der Waals surface area contributed by atoms with E-state index in [4.69, 9.17) is 4.74 Å². The van der Waals surface area contributed by atoms with Crippen LogP contribution in [0.15, 0.2) is 30.3 Å². The Kier molecular flexibility index (Phi) is 3.65. The van der Waals surface area contributed by atoms with Crippen LogP contribution in [0.2, 0.25) is 0 Å². The van der Waals surface area contributed by atoms with E-state index in [1.807, 2.05) is 30.3 Å². The van der Waals surface area contributed by atoms with E-state index >= 15 is 0 Å². The van der Waals surface area contributed by atoms with Gasteiger partial charge in [-0.25, -0.2) is 0 Å². The van der Waals surface area contributed by atoms with Crippen LogP contribution >= 0.6 is 0 Å². The molecule has 0 radical (unpaired) electrons. The summed E-state index contributed by atoms with van der Waals surface area (Å²) in [7, 11) is 1.72. The molecular formula is C14H18N2O. The monoisotopic (exact) mass is 230 g/mol. The summed E-state index contributed by atoms with van der Waals surface area (Å²) in [5, 5.41) is 12.8. The van der Waals surface area contributed by atoms with Crippen molar-refractivity contribution in [2.24, 2.45) is 0 Å². The van der Waals surface area contributed by atoms with E-state index in [9.17, 15) is 5.26 Å². The maximum atomic E-state index is 9.45. The maximum absolute atomic E-state index is 9.45. The summed E-state index contributed by atoms with van der Waals surface area (Å²) in [6, 6.07) is 12.4. The fourth-order valence-corrected chi connectivity index (χ4v) is 2.47. The minimum atomic E-state index is -0.472. The molecule has 1 aromatic carbocycles. The molecule has 0 amide bonds. The zero-order chi connectivity index (χ0) is 12.1. The van der Waals surface area contributed by atoms with Gasteiger partial charge >= 0.3 is 0 Å². The van der Waals surface area contributed by atoms with Crippen molar-refractivity contribution in [1.29, 1.82) is 5.26 Å². The summed E-state index contributed by atoms with van der Waals surface area (Å²) in [4.78, 5) is 0. The molecule has 1 saturated carbocycles. The predicted octanol–water partition coefficient (Wildman–Crippen LogP) is 2.95. The van der Waals surface area contributed by atoms with Gasteiger partial charge in [0.25, 0.3) is 0 Å². The first-order chi connectivity index (χ1) is 8.28. The van der Waals surface area contributed by atoms with E-state index < -0.39 is 5.54 Å². The van der Waals surface area contributed by atoms with E-state index in [0.29, 0.717) is 0 Å². The van der Waals surface area contributed by atoms with Crippen LogP contribution in [0.25, 0.3) is 0 Å². The van der Waals surface area contributed by atoms with Gasteiger partial charge in [0.05, 0.1) is 12.2 Å². The topological polar surface area (TPSA) is 45.0 Å². The predicted molar refractivity (Wildman–Crippen MR) is 67.7 cm³/mol. The number of rotatable bonds is 3. The van der Waals surface area contributed by atoms with Crippen LogP contribution in [0, 0.1) is 11.3 Å². The van der Waals surface area contributed by atoms with Crippen LogP contribution in [-0.4, -0.2) is 18.8 Å². The molecule has 0 heterocycles. The summed E-state index contributed by atoms with van der Waals surface area (Å²) in [6.45, 7) is 0. The first-order valence-corrected chi connectivity index (χ1v) is 6.05. The van der Waals surface area contributed by atoms with E-state index in [1.165, 1.54) is 0 Å². The van der Waals surface area contributed by atoms with E-state index in [2.05, 4.69) is 11.4 Å². The number of hydrogen-bond acceptors (Lipinski definition) is 3. The number of hydrogen-bond donors (Lipinski definition) is 1. The van der Waals surface area contributed by atoms with Gasteiger partial charge in [-0.1, -0.05) is 18.2 Å². The number of benzene rings is 1. The lowest BCUT2D eigenvalue weighted by Crippen LogP contribution is -2.43. The van der Waals surface area contributed by atoms with E-state index in [-0.39, 0.29) is 6.10 Å². The Balaban J connectivity index is 2.12. The van der Waals surface area contributed by atoms with E-state index in [0.717, 1.165) is 31.4 Å². The molecule has 0 aromatic heterocycles. The van der Waals surface area contributed by atoms with Crippen molar-refractivity contribution in [2.45, 2.75) is 37.3 Å². The largest absolute Gasteiger partial charge is 0.381 e. The molecule has 90 valence electrons. The van der Waals surface area contributed by atoms with Gasteiger partial charge in [-0.3, -0.25) is 0 Å². The second-order valence-electron chi connectivity index (χ2n) is 4.64. The van der Waals surface area contributed by atoms with Crippen molar-refractivity contribution in [2.75, 3.05) is 12.4 Å². The summed E-state index contributed by atoms with van der Waals surface area (Å²) in [5.41, 5.74) is 0.533. The molecule has 17 heavy (non-hydrogen) atoms. The summed E-state index contributed by atoms with van der Waals surface area (Å²) >= 11 is 0. The number of nitriles is 1. The van der Waals surface area contributed by atoms with Crippen molar-refractivity contribution in [3.63, 3.8) is 0 Å². The van der Waals surface area contributed by atoms with Crippen LogP contribution in [0.3, 0.4) is 0 Å². The molecule has 1 N–H and O–H groups in total. The minimum absolute atomic E-state index is 0.194. The highest BCUT2D eigenvalue weighted by Gasteiger charge is 2.36. The summed E-state index contributed by atoms with van der Waals surface area (Å²) in [5.74, 6) is 0. The van der Waals surface area contributed by atoms with Crippen molar-refractivity contribution in [3.8, 4) is 6.07 Å². The standard InChI is InChI=1S/C14H18N2O/c1-17-13-8-5-9-14(10-13,11-15)16-12-6-3-2-4-7-12/h2-4,6-7,13,16H,5,8-10H2,1H3. The van der Waals surface area contributed by atoms with Crippen LogP contribution in [0.4, 0.5) is 5.69 Å².